The van der Waals surface area contributed by atoms with E-state index in [1.54, 1.807) is 42.7 Å². The number of hydrogen-bond donors (Lipinski definition) is 1. The van der Waals surface area contributed by atoms with Crippen LogP contribution in [-0.4, -0.2) is 25.7 Å². The van der Waals surface area contributed by atoms with Crippen LogP contribution in [0, 0.1) is 0 Å². The summed E-state index contributed by atoms with van der Waals surface area (Å²) in [6, 6.07) is 8.40. The van der Waals surface area contributed by atoms with E-state index in [9.17, 15) is 4.79 Å². The largest absolute Gasteiger partial charge is 0.319 e. The van der Waals surface area contributed by atoms with E-state index in [4.69, 9.17) is 11.6 Å². The summed E-state index contributed by atoms with van der Waals surface area (Å²) in [4.78, 5) is 20.3. The molecular weight excluding hydrogens is 290 g/mol. The van der Waals surface area contributed by atoms with Gasteiger partial charge in [0.1, 0.15) is 0 Å². The third-order valence-corrected chi connectivity index (χ3v) is 2.96. The number of nitrogens with one attached hydrogen (secondary N) is 1. The summed E-state index contributed by atoms with van der Waals surface area (Å²) in [6.45, 7) is 0. The van der Waals surface area contributed by atoms with Crippen molar-refractivity contribution in [1.82, 2.24) is 19.7 Å². The minimum Gasteiger partial charge on any atom is -0.319 e. The van der Waals surface area contributed by atoms with Gasteiger partial charge in [-0.05, 0) is 30.3 Å². The zero-order valence-corrected chi connectivity index (χ0v) is 11.5. The second-order valence-electron chi connectivity index (χ2n) is 4.18. The highest BCUT2D eigenvalue weighted by molar-refractivity contribution is 6.30. The molecule has 0 spiro atoms. The molecule has 0 atom stereocenters. The average Bonchev–Trinajstić information content (AvgIpc) is 3.03. The maximum absolute atomic E-state index is 12.0. The summed E-state index contributed by atoms with van der Waals surface area (Å²) in [7, 11) is 0. The van der Waals surface area contributed by atoms with Crippen LogP contribution in [0.5, 0.6) is 0 Å². The Kier molecular flexibility index (Phi) is 3.61. The molecule has 0 saturated heterocycles. The molecule has 0 aliphatic carbocycles. The van der Waals surface area contributed by atoms with E-state index in [1.807, 2.05) is 0 Å². The Morgan fingerprint density at radius 1 is 1.14 bits per heavy atom. The number of benzene rings is 1. The van der Waals surface area contributed by atoms with Crippen LogP contribution in [0.4, 0.5) is 5.69 Å². The van der Waals surface area contributed by atoms with Gasteiger partial charge in [0.2, 0.25) is 0 Å². The molecule has 0 unspecified atom stereocenters. The van der Waals surface area contributed by atoms with Crippen LogP contribution in [0.3, 0.4) is 0 Å². The number of nitrogens with zero attached hydrogens (tertiary/aromatic N) is 4. The van der Waals surface area contributed by atoms with Crippen molar-refractivity contribution in [3.05, 3.63) is 65.7 Å². The van der Waals surface area contributed by atoms with Gasteiger partial charge >= 0.3 is 0 Å². The lowest BCUT2D eigenvalue weighted by atomic mass is 10.2. The van der Waals surface area contributed by atoms with Crippen molar-refractivity contribution in [2.45, 2.75) is 0 Å². The van der Waals surface area contributed by atoms with Crippen molar-refractivity contribution in [3.8, 4) is 5.95 Å². The fraction of sp³-hybridized carbons (Fsp3) is 0. The van der Waals surface area contributed by atoms with E-state index >= 15 is 0 Å². The second-order valence-corrected chi connectivity index (χ2v) is 4.62. The van der Waals surface area contributed by atoms with Crippen LogP contribution in [0.15, 0.2) is 55.1 Å². The molecule has 0 aliphatic rings. The molecule has 7 heteroatoms. The first-order chi connectivity index (χ1) is 10.2. The Morgan fingerprint density at radius 3 is 2.48 bits per heavy atom. The molecule has 3 aromatic rings. The topological polar surface area (TPSA) is 72.7 Å². The van der Waals surface area contributed by atoms with E-state index in [0.717, 1.165) is 0 Å². The molecule has 6 nitrogen and oxygen atoms in total. The van der Waals surface area contributed by atoms with Gasteiger partial charge in [-0.15, -0.1) is 0 Å². The molecule has 0 bridgehead atoms. The van der Waals surface area contributed by atoms with Crippen molar-refractivity contribution in [1.29, 1.82) is 0 Å². The summed E-state index contributed by atoms with van der Waals surface area (Å²) in [6.07, 6.45) is 6.43. The Hall–Kier alpha value is -2.73. The predicted octanol–water partition coefficient (Wildman–Crippen LogP) is 2.57. The third kappa shape index (κ3) is 3.06. The molecule has 104 valence electrons. The lowest BCUT2D eigenvalue weighted by molar-refractivity contribution is 0.102. The summed E-state index contributed by atoms with van der Waals surface area (Å²) in [5.41, 5.74) is 1.02. The Labute approximate surface area is 125 Å². The van der Waals surface area contributed by atoms with Gasteiger partial charge in [0.25, 0.3) is 11.9 Å². The van der Waals surface area contributed by atoms with E-state index in [-0.39, 0.29) is 5.91 Å². The molecule has 0 fully saturated rings. The van der Waals surface area contributed by atoms with Crippen molar-refractivity contribution in [2.75, 3.05) is 5.32 Å². The van der Waals surface area contributed by atoms with Crippen LogP contribution in [0.25, 0.3) is 5.95 Å². The van der Waals surface area contributed by atoms with Crippen LogP contribution < -0.4 is 5.32 Å². The fourth-order valence-electron chi connectivity index (χ4n) is 1.70. The van der Waals surface area contributed by atoms with Gasteiger partial charge in [0, 0.05) is 23.0 Å². The highest BCUT2D eigenvalue weighted by Crippen LogP contribution is 2.12. The number of carbonyl (C=O) groups is 1. The smallest absolute Gasteiger partial charge is 0.255 e. The van der Waals surface area contributed by atoms with E-state index in [1.165, 1.54) is 17.1 Å². The summed E-state index contributed by atoms with van der Waals surface area (Å²) in [5.74, 6) is 0.187. The van der Waals surface area contributed by atoms with Gasteiger partial charge in [-0.25, -0.2) is 14.6 Å². The molecule has 0 radical (unpaired) electrons. The number of anilines is 1. The number of aromatic nitrogens is 4. The highest BCUT2D eigenvalue weighted by Gasteiger charge is 2.07. The summed E-state index contributed by atoms with van der Waals surface area (Å²) in [5, 5.41) is 7.32. The van der Waals surface area contributed by atoms with Gasteiger partial charge in [0.05, 0.1) is 18.1 Å². The molecule has 2 heterocycles. The van der Waals surface area contributed by atoms with Gasteiger partial charge in [-0.1, -0.05) is 11.6 Å². The first-order valence-electron chi connectivity index (χ1n) is 6.11. The quantitative estimate of drug-likeness (QED) is 0.806. The van der Waals surface area contributed by atoms with Crippen LogP contribution >= 0.6 is 11.6 Å². The molecule has 0 saturated carbocycles. The van der Waals surface area contributed by atoms with Gasteiger partial charge in [-0.2, -0.15) is 5.10 Å². The number of hydrogen-bond acceptors (Lipinski definition) is 4. The average molecular weight is 300 g/mol. The SMILES string of the molecule is O=C(Nc1cnc(-n2cccn2)nc1)c1ccc(Cl)cc1. The lowest BCUT2D eigenvalue weighted by Crippen LogP contribution is -2.12. The Morgan fingerprint density at radius 2 is 1.86 bits per heavy atom. The van der Waals surface area contributed by atoms with Crippen molar-refractivity contribution in [3.63, 3.8) is 0 Å². The minimum atomic E-state index is -0.248. The van der Waals surface area contributed by atoms with E-state index < -0.39 is 0 Å². The normalized spacial score (nSPS) is 10.3. The molecular formula is C14H10ClN5O. The number of amides is 1. The molecule has 1 N–H and O–H groups in total. The molecule has 21 heavy (non-hydrogen) atoms. The number of carbonyl (C=O) groups excluding carboxylic acids is 1. The van der Waals surface area contributed by atoms with Crippen molar-refractivity contribution in [2.24, 2.45) is 0 Å². The molecule has 0 aliphatic heterocycles. The molecule has 2 aromatic heterocycles. The standard InChI is InChI=1S/C14H10ClN5O/c15-11-4-2-10(3-5-11)13(21)19-12-8-16-14(17-9-12)20-7-1-6-18-20/h1-9H,(H,19,21). The first kappa shape index (κ1) is 13.3. The summed E-state index contributed by atoms with van der Waals surface area (Å²) >= 11 is 5.78. The first-order valence-corrected chi connectivity index (χ1v) is 6.49. The van der Waals surface area contributed by atoms with Gasteiger partial charge in [-0.3, -0.25) is 4.79 Å². The molecule has 1 aromatic carbocycles. The second kappa shape index (κ2) is 5.72. The van der Waals surface area contributed by atoms with Crippen LogP contribution in [0.1, 0.15) is 10.4 Å². The van der Waals surface area contributed by atoms with Crippen molar-refractivity contribution < 1.29 is 4.79 Å². The van der Waals surface area contributed by atoms with Crippen LogP contribution in [-0.2, 0) is 0 Å². The number of rotatable bonds is 3. The molecule has 1 amide bonds. The zero-order chi connectivity index (χ0) is 14.7. The van der Waals surface area contributed by atoms with Crippen LogP contribution in [0.2, 0.25) is 5.02 Å². The van der Waals surface area contributed by atoms with Crippen molar-refractivity contribution >= 4 is 23.2 Å². The third-order valence-electron chi connectivity index (χ3n) is 2.71. The van der Waals surface area contributed by atoms with E-state index in [0.29, 0.717) is 22.2 Å². The monoisotopic (exact) mass is 299 g/mol. The Bertz CT molecular complexity index is 738. The fourth-order valence-corrected chi connectivity index (χ4v) is 1.82. The van der Waals surface area contributed by atoms with E-state index in [2.05, 4.69) is 20.4 Å². The minimum absolute atomic E-state index is 0.248. The highest BCUT2D eigenvalue weighted by atomic mass is 35.5. The number of halogens is 1. The van der Waals surface area contributed by atoms with Gasteiger partial charge in [0.15, 0.2) is 0 Å². The predicted molar refractivity (Wildman–Crippen MR) is 78.6 cm³/mol. The lowest BCUT2D eigenvalue weighted by Gasteiger charge is -2.05. The van der Waals surface area contributed by atoms with Gasteiger partial charge < -0.3 is 5.32 Å². The maximum atomic E-state index is 12.0. The zero-order valence-electron chi connectivity index (χ0n) is 10.8. The summed E-state index contributed by atoms with van der Waals surface area (Å²) < 4.78 is 1.53. The maximum Gasteiger partial charge on any atom is 0.255 e. The molecule has 3 rings (SSSR count). The Balaban J connectivity index is 1.73.